The maximum atomic E-state index is 6.02. The highest BCUT2D eigenvalue weighted by Gasteiger charge is 2.25. The van der Waals surface area contributed by atoms with Gasteiger partial charge in [0.1, 0.15) is 28.5 Å². The van der Waals surface area contributed by atoms with E-state index in [-0.39, 0.29) is 0 Å². The van der Waals surface area contributed by atoms with Crippen LogP contribution in [0.15, 0.2) is 42.9 Å². The van der Waals surface area contributed by atoms with Crippen molar-refractivity contribution in [3.63, 3.8) is 0 Å². The summed E-state index contributed by atoms with van der Waals surface area (Å²) in [5, 5.41) is 4.71. The van der Waals surface area contributed by atoms with E-state index in [1.165, 1.54) is 34.3 Å². The summed E-state index contributed by atoms with van der Waals surface area (Å²) in [6.45, 7) is 4.83. The number of nitrogens with one attached hydrogen (secondary N) is 1. The van der Waals surface area contributed by atoms with Crippen LogP contribution in [0, 0.1) is 19.8 Å². The summed E-state index contributed by atoms with van der Waals surface area (Å²) >= 11 is 3.26. The first-order valence-corrected chi connectivity index (χ1v) is 13.5. The Labute approximate surface area is 208 Å². The van der Waals surface area contributed by atoms with E-state index in [9.17, 15) is 0 Å². The Morgan fingerprint density at radius 1 is 1.15 bits per heavy atom. The van der Waals surface area contributed by atoms with Gasteiger partial charge in [-0.2, -0.15) is 0 Å². The van der Waals surface area contributed by atoms with E-state index in [0.29, 0.717) is 5.92 Å². The Kier molecular flexibility index (Phi) is 6.99. The Bertz CT molecular complexity index is 1290. The van der Waals surface area contributed by atoms with Crippen molar-refractivity contribution in [2.75, 3.05) is 18.2 Å². The molecule has 6 nitrogen and oxygen atoms in total. The summed E-state index contributed by atoms with van der Waals surface area (Å²) in [7, 11) is 0. The van der Waals surface area contributed by atoms with E-state index in [4.69, 9.17) is 8.92 Å². The minimum Gasteiger partial charge on any atom is -0.455 e. The Balaban J connectivity index is 1.35. The lowest BCUT2D eigenvalue weighted by Crippen LogP contribution is -2.14. The van der Waals surface area contributed by atoms with Gasteiger partial charge in [0.15, 0.2) is 0 Å². The minimum absolute atomic E-state index is 0.677. The van der Waals surface area contributed by atoms with Gasteiger partial charge in [0.2, 0.25) is 0 Å². The van der Waals surface area contributed by atoms with Crippen LogP contribution in [0.25, 0.3) is 10.2 Å². The van der Waals surface area contributed by atoms with Crippen LogP contribution >= 0.6 is 23.4 Å². The normalized spacial score (nSPS) is 15.3. The van der Waals surface area contributed by atoms with Crippen LogP contribution in [-0.2, 0) is 17.0 Å². The summed E-state index contributed by atoms with van der Waals surface area (Å²) < 4.78 is 11.5. The Morgan fingerprint density at radius 2 is 2.06 bits per heavy atom. The van der Waals surface area contributed by atoms with Crippen molar-refractivity contribution in [1.29, 1.82) is 0 Å². The Morgan fingerprint density at radius 3 is 2.85 bits per heavy atom. The SMILES string of the molecule is CSOCCC1CCc2c(sc3ncnc(Nc4ccc(Oc5ccc(C)nc5)c(C)c4)c23)C1. The van der Waals surface area contributed by atoms with Gasteiger partial charge in [-0.25, -0.2) is 9.97 Å². The molecule has 176 valence electrons. The Hall–Kier alpha value is -2.68. The van der Waals surface area contributed by atoms with Crippen LogP contribution in [0.1, 0.15) is 34.5 Å². The summed E-state index contributed by atoms with van der Waals surface area (Å²) in [5.74, 6) is 3.10. The summed E-state index contributed by atoms with van der Waals surface area (Å²) in [6, 6.07) is 9.98. The molecule has 1 N–H and O–H groups in total. The molecule has 0 radical (unpaired) electrons. The van der Waals surface area contributed by atoms with Crippen molar-refractivity contribution < 1.29 is 8.92 Å². The first kappa shape index (κ1) is 23.1. The van der Waals surface area contributed by atoms with E-state index < -0.39 is 0 Å². The number of rotatable bonds is 8. The van der Waals surface area contributed by atoms with Crippen molar-refractivity contribution in [3.05, 3.63) is 64.6 Å². The van der Waals surface area contributed by atoms with Gasteiger partial charge in [-0.15, -0.1) is 11.3 Å². The highest BCUT2D eigenvalue weighted by Crippen LogP contribution is 2.41. The lowest BCUT2D eigenvalue weighted by atomic mass is 9.86. The number of anilines is 2. The third-order valence-corrected chi connectivity index (χ3v) is 7.79. The number of pyridine rings is 1. The monoisotopic (exact) mass is 492 g/mol. The van der Waals surface area contributed by atoms with Crippen LogP contribution in [0.5, 0.6) is 11.5 Å². The van der Waals surface area contributed by atoms with Crippen molar-refractivity contribution in [3.8, 4) is 11.5 Å². The van der Waals surface area contributed by atoms with Crippen molar-refractivity contribution >= 4 is 45.1 Å². The quantitative estimate of drug-likeness (QED) is 0.209. The highest BCUT2D eigenvalue weighted by molar-refractivity contribution is 7.93. The van der Waals surface area contributed by atoms with Crippen LogP contribution < -0.4 is 10.1 Å². The summed E-state index contributed by atoms with van der Waals surface area (Å²) in [5.41, 5.74) is 4.40. The van der Waals surface area contributed by atoms with Crippen LogP contribution in [0.3, 0.4) is 0 Å². The number of aromatic nitrogens is 3. The zero-order valence-corrected chi connectivity index (χ0v) is 21.3. The zero-order chi connectivity index (χ0) is 23.5. The average molecular weight is 493 g/mol. The van der Waals surface area contributed by atoms with Gasteiger partial charge in [-0.3, -0.25) is 4.98 Å². The molecule has 0 amide bonds. The summed E-state index contributed by atoms with van der Waals surface area (Å²) in [6.07, 6.45) is 9.84. The third-order valence-electron chi connectivity index (χ3n) is 6.22. The first-order chi connectivity index (χ1) is 16.6. The molecule has 3 aromatic heterocycles. The molecular formula is C26H28N4O2S2. The summed E-state index contributed by atoms with van der Waals surface area (Å²) in [4.78, 5) is 16.0. The number of aryl methyl sites for hydroxylation is 3. The topological polar surface area (TPSA) is 69.2 Å². The van der Waals surface area contributed by atoms with E-state index in [0.717, 1.165) is 65.0 Å². The number of hydrogen-bond acceptors (Lipinski definition) is 8. The van der Waals surface area contributed by atoms with Crippen LogP contribution in [0.2, 0.25) is 0 Å². The minimum atomic E-state index is 0.677. The molecule has 1 aromatic carbocycles. The molecule has 0 saturated carbocycles. The van der Waals surface area contributed by atoms with Crippen molar-refractivity contribution in [1.82, 2.24) is 15.0 Å². The maximum absolute atomic E-state index is 6.02. The van der Waals surface area contributed by atoms with Gasteiger partial charge >= 0.3 is 0 Å². The lowest BCUT2D eigenvalue weighted by Gasteiger charge is -2.22. The van der Waals surface area contributed by atoms with Gasteiger partial charge in [0.05, 0.1) is 18.2 Å². The van der Waals surface area contributed by atoms with Crippen LogP contribution in [-0.4, -0.2) is 27.8 Å². The smallest absolute Gasteiger partial charge is 0.145 e. The molecule has 1 atom stereocenters. The van der Waals surface area contributed by atoms with Gasteiger partial charge < -0.3 is 14.2 Å². The van der Waals surface area contributed by atoms with E-state index in [2.05, 4.69) is 26.3 Å². The molecule has 3 heterocycles. The molecule has 0 aliphatic heterocycles. The fourth-order valence-corrected chi connectivity index (χ4v) is 6.00. The number of nitrogens with zero attached hydrogens (tertiary/aromatic N) is 3. The second-order valence-electron chi connectivity index (χ2n) is 8.63. The lowest BCUT2D eigenvalue weighted by molar-refractivity contribution is 0.304. The van der Waals surface area contributed by atoms with Gasteiger partial charge in [0, 0.05) is 22.5 Å². The van der Waals surface area contributed by atoms with E-state index in [1.54, 1.807) is 12.5 Å². The maximum Gasteiger partial charge on any atom is 0.145 e. The fraction of sp³-hybridized carbons (Fsp3) is 0.346. The molecule has 1 aliphatic carbocycles. The molecule has 0 fully saturated rings. The van der Waals surface area contributed by atoms with Gasteiger partial charge in [-0.1, -0.05) is 0 Å². The number of ether oxygens (including phenoxy) is 1. The molecule has 0 saturated heterocycles. The molecule has 34 heavy (non-hydrogen) atoms. The number of hydrogen-bond donors (Lipinski definition) is 1. The second kappa shape index (κ2) is 10.3. The molecule has 1 unspecified atom stereocenters. The number of thiophene rings is 1. The molecular weight excluding hydrogens is 464 g/mol. The van der Waals surface area contributed by atoms with E-state index in [1.807, 2.05) is 55.7 Å². The predicted molar refractivity (Wildman–Crippen MR) is 141 cm³/mol. The first-order valence-electron chi connectivity index (χ1n) is 11.5. The van der Waals surface area contributed by atoms with Crippen molar-refractivity contribution in [2.45, 2.75) is 39.5 Å². The largest absolute Gasteiger partial charge is 0.455 e. The molecule has 0 bridgehead atoms. The van der Waals surface area contributed by atoms with Gasteiger partial charge in [-0.05, 0) is 99.0 Å². The third kappa shape index (κ3) is 5.04. The molecule has 0 spiro atoms. The van der Waals surface area contributed by atoms with Gasteiger partial charge in [0.25, 0.3) is 0 Å². The molecule has 1 aliphatic rings. The molecule has 4 aromatic rings. The zero-order valence-electron chi connectivity index (χ0n) is 19.6. The fourth-order valence-electron chi connectivity index (χ4n) is 4.44. The molecule has 8 heteroatoms. The standard InChI is InChI=1S/C26H28N4O2S2/c1-16-12-19(6-9-22(16)32-20-7-4-17(2)27-14-20)30-25-24-21-8-5-18(10-11-31-33-3)13-23(21)34-26(24)29-15-28-25/h4,6-7,9,12,14-15,18H,5,8,10-11,13H2,1-3H3,(H,28,29,30). The van der Waals surface area contributed by atoms with Crippen molar-refractivity contribution in [2.24, 2.45) is 5.92 Å². The predicted octanol–water partition coefficient (Wildman–Crippen LogP) is 7.03. The number of fused-ring (bicyclic) bond motifs is 3. The number of benzene rings is 1. The van der Waals surface area contributed by atoms with Crippen LogP contribution in [0.4, 0.5) is 11.5 Å². The highest BCUT2D eigenvalue weighted by atomic mass is 32.2. The molecule has 5 rings (SSSR count). The second-order valence-corrected chi connectivity index (χ2v) is 10.3. The average Bonchev–Trinajstić information content (AvgIpc) is 3.21. The van der Waals surface area contributed by atoms with E-state index >= 15 is 0 Å².